The number of nitrogens with zero attached hydrogens (tertiary/aromatic N) is 1. The van der Waals surface area contributed by atoms with Crippen LogP contribution in [0.4, 0.5) is 0 Å². The molecule has 0 spiro atoms. The zero-order valence-electron chi connectivity index (χ0n) is 26.4. The van der Waals surface area contributed by atoms with Gasteiger partial charge >= 0.3 is 0 Å². The number of hydrogen-bond acceptors (Lipinski definition) is 4. The molecule has 0 radical (unpaired) electrons. The van der Waals surface area contributed by atoms with Gasteiger partial charge in [0.15, 0.2) is 17.3 Å². The molecule has 2 aromatic rings. The summed E-state index contributed by atoms with van der Waals surface area (Å²) in [6.45, 7) is -0.864. The zero-order chi connectivity index (χ0) is 29.0. The molecule has 2 aliphatic rings. The van der Waals surface area contributed by atoms with Gasteiger partial charge in [0.2, 0.25) is 0 Å². The Balaban J connectivity index is 1.57. The standard InChI is InChI=1S/C24H29NO3/c1-27-22-14-19-13-20(24(26)21(19)15-23(22)28-2)12-17-8-10-25(11-9-17)16-18-6-4-3-5-7-18/h3-7,14-15,17,20H,8-13,16H2,1-2H3/i1D3,2D3,14D,15D,16D2,20D. The molecule has 0 saturated carbocycles. The highest BCUT2D eigenvalue weighted by atomic mass is 16.5. The number of benzene rings is 2. The summed E-state index contributed by atoms with van der Waals surface area (Å²) in [5.41, 5.74) is 0.165. The van der Waals surface area contributed by atoms with Crippen molar-refractivity contribution in [1.29, 1.82) is 0 Å². The van der Waals surface area contributed by atoms with Crippen molar-refractivity contribution >= 4 is 5.78 Å². The van der Waals surface area contributed by atoms with Crippen molar-refractivity contribution in [3.63, 3.8) is 0 Å². The molecule has 4 heteroatoms. The van der Waals surface area contributed by atoms with Crippen LogP contribution in [0.1, 0.15) is 55.8 Å². The fourth-order valence-electron chi connectivity index (χ4n) is 3.90. The maximum Gasteiger partial charge on any atom is 0.166 e. The Labute approximate surface area is 182 Å². The highest BCUT2D eigenvalue weighted by Gasteiger charge is 2.34. The summed E-state index contributed by atoms with van der Waals surface area (Å²) in [7, 11) is -6.19. The van der Waals surface area contributed by atoms with Crippen LogP contribution < -0.4 is 9.47 Å². The Morgan fingerprint density at radius 1 is 1.18 bits per heavy atom. The van der Waals surface area contributed by atoms with Crippen molar-refractivity contribution in [2.24, 2.45) is 11.8 Å². The predicted octanol–water partition coefficient (Wildman–Crippen LogP) is 4.36. The van der Waals surface area contributed by atoms with Gasteiger partial charge in [0.25, 0.3) is 0 Å². The lowest BCUT2D eigenvalue weighted by Gasteiger charge is -2.32. The summed E-state index contributed by atoms with van der Waals surface area (Å²) in [5.74, 6) is -4.24. The highest BCUT2D eigenvalue weighted by molar-refractivity contribution is 6.02. The van der Waals surface area contributed by atoms with Crippen molar-refractivity contribution in [2.75, 3.05) is 27.2 Å². The minimum absolute atomic E-state index is 0.0463. The third-order valence-electron chi connectivity index (χ3n) is 5.36. The van der Waals surface area contributed by atoms with Gasteiger partial charge < -0.3 is 9.47 Å². The summed E-state index contributed by atoms with van der Waals surface area (Å²) in [4.78, 5) is 15.2. The van der Waals surface area contributed by atoms with Crippen LogP contribution in [0.3, 0.4) is 0 Å². The number of rotatable bonds is 6. The molecule has 4 rings (SSSR count). The van der Waals surface area contributed by atoms with Gasteiger partial charge in [-0.25, -0.2) is 0 Å². The molecule has 28 heavy (non-hydrogen) atoms. The number of methoxy groups -OCH3 is 2. The van der Waals surface area contributed by atoms with Crippen molar-refractivity contribution < 1.29 is 29.3 Å². The predicted molar refractivity (Wildman–Crippen MR) is 110 cm³/mol. The Morgan fingerprint density at radius 3 is 2.61 bits per heavy atom. The van der Waals surface area contributed by atoms with Gasteiger partial charge in [-0.1, -0.05) is 30.3 Å². The van der Waals surface area contributed by atoms with Crippen LogP contribution in [-0.2, 0) is 12.9 Å². The third kappa shape index (κ3) is 3.93. The van der Waals surface area contributed by atoms with Crippen molar-refractivity contribution in [3.8, 4) is 11.5 Å². The number of hydrogen-bond donors (Lipinski definition) is 0. The second-order valence-corrected chi connectivity index (χ2v) is 7.19. The maximum absolute atomic E-state index is 13.5. The topological polar surface area (TPSA) is 38.8 Å². The lowest BCUT2D eigenvalue weighted by atomic mass is 9.85. The number of piperidine rings is 1. The van der Waals surface area contributed by atoms with E-state index in [2.05, 4.69) is 0 Å². The van der Waals surface area contributed by atoms with E-state index in [4.69, 9.17) is 24.6 Å². The highest BCUT2D eigenvalue weighted by Crippen LogP contribution is 2.39. The summed E-state index contributed by atoms with van der Waals surface area (Å²) < 4.78 is 97.2. The monoisotopic (exact) mass is 390 g/mol. The molecule has 2 aromatic carbocycles. The third-order valence-corrected chi connectivity index (χ3v) is 5.36. The van der Waals surface area contributed by atoms with Gasteiger partial charge in [0.1, 0.15) is 0 Å². The quantitative estimate of drug-likeness (QED) is 0.735. The van der Waals surface area contributed by atoms with E-state index in [0.29, 0.717) is 31.5 Å². The van der Waals surface area contributed by atoms with E-state index in [9.17, 15) is 4.79 Å². The number of likely N-dealkylation sites (tertiary alicyclic amines) is 1. The zero-order valence-corrected chi connectivity index (χ0v) is 15.4. The van der Waals surface area contributed by atoms with Crippen LogP contribution in [0, 0.1) is 11.8 Å². The molecule has 1 saturated heterocycles. The molecule has 1 heterocycles. The van der Waals surface area contributed by atoms with Crippen molar-refractivity contribution in [2.45, 2.75) is 32.2 Å². The lowest BCUT2D eigenvalue weighted by molar-refractivity contribution is 0.0895. The summed E-state index contributed by atoms with van der Waals surface area (Å²) in [6, 6.07) is 7.51. The smallest absolute Gasteiger partial charge is 0.166 e. The average molecular weight is 391 g/mol. The molecule has 0 N–H and O–H groups in total. The van der Waals surface area contributed by atoms with Crippen LogP contribution >= 0.6 is 0 Å². The second kappa shape index (κ2) is 8.36. The number of carbonyl (C=O) groups excluding carboxylic acids is 1. The summed E-state index contributed by atoms with van der Waals surface area (Å²) in [5, 5.41) is 0. The van der Waals surface area contributed by atoms with Crippen LogP contribution in [0.15, 0.2) is 42.4 Å². The van der Waals surface area contributed by atoms with E-state index >= 15 is 0 Å². The number of Topliss-reactive ketones (excluding diaryl/α,β-unsaturated/α-hetero) is 1. The Bertz CT molecular complexity index is 1240. The molecule has 1 unspecified atom stereocenters. The van der Waals surface area contributed by atoms with E-state index in [1.54, 1.807) is 29.2 Å². The molecule has 4 nitrogen and oxygen atoms in total. The Morgan fingerprint density at radius 2 is 1.89 bits per heavy atom. The van der Waals surface area contributed by atoms with E-state index in [1.807, 2.05) is 6.07 Å². The molecule has 1 aliphatic carbocycles. The van der Waals surface area contributed by atoms with E-state index in [1.165, 1.54) is 0 Å². The Hall–Kier alpha value is -2.33. The second-order valence-electron chi connectivity index (χ2n) is 7.19. The van der Waals surface area contributed by atoms with Crippen LogP contribution in [0.25, 0.3) is 0 Å². The van der Waals surface area contributed by atoms with Crippen LogP contribution in [-0.4, -0.2) is 37.8 Å². The number of fused-ring (bicyclic) bond motifs is 1. The fraction of sp³-hybridized carbons (Fsp3) is 0.458. The first-order chi connectivity index (χ1) is 17.9. The van der Waals surface area contributed by atoms with Gasteiger partial charge in [-0.2, -0.15) is 0 Å². The first kappa shape index (κ1) is 9.93. The van der Waals surface area contributed by atoms with Crippen molar-refractivity contribution in [1.82, 2.24) is 4.90 Å². The molecular weight excluding hydrogens is 350 g/mol. The Kier molecular flexibility index (Phi) is 2.96. The SMILES string of the molecule is [2H]c1c2c(c([2H])c(OC([2H])([2H])[2H])c1OC([2H])([2H])[2H])C(=O)C([2H])(CC1CCN(C([2H])([2H])c3ccccc3)CC1)C2. The molecule has 1 fully saturated rings. The van der Waals surface area contributed by atoms with E-state index in [-0.39, 0.29) is 29.9 Å². The van der Waals surface area contributed by atoms with E-state index in [0.717, 1.165) is 0 Å². The molecular formula is C24H29NO3. The summed E-state index contributed by atoms with van der Waals surface area (Å²) in [6.07, 6.45) is 0.882. The first-order valence-corrected chi connectivity index (χ1v) is 9.32. The number of ether oxygens (including phenoxy) is 2. The summed E-state index contributed by atoms with van der Waals surface area (Å²) >= 11 is 0. The van der Waals surface area contributed by atoms with Gasteiger partial charge in [0, 0.05) is 22.1 Å². The largest absolute Gasteiger partial charge is 0.493 e. The normalized spacial score (nSPS) is 30.0. The molecule has 0 bridgehead atoms. The van der Waals surface area contributed by atoms with E-state index < -0.39 is 55.8 Å². The maximum atomic E-state index is 13.5. The molecule has 1 atom stereocenters. The molecule has 0 aromatic heterocycles. The first-order valence-electron chi connectivity index (χ1n) is 14.8. The van der Waals surface area contributed by atoms with Gasteiger partial charge in [-0.3, -0.25) is 9.69 Å². The number of carbonyl (C=O) groups is 1. The molecule has 1 aliphatic heterocycles. The lowest BCUT2D eigenvalue weighted by Crippen LogP contribution is -2.34. The van der Waals surface area contributed by atoms with Gasteiger partial charge in [-0.15, -0.1) is 0 Å². The van der Waals surface area contributed by atoms with Crippen LogP contribution in [0.2, 0.25) is 0 Å². The fourth-order valence-corrected chi connectivity index (χ4v) is 3.90. The number of ketones is 1. The molecule has 0 amide bonds. The minimum atomic E-state index is -3.11. The van der Waals surface area contributed by atoms with Crippen molar-refractivity contribution in [3.05, 3.63) is 59.1 Å². The average Bonchev–Trinajstić information content (AvgIpc) is 3.10. The van der Waals surface area contributed by atoms with Gasteiger partial charge in [-0.05, 0) is 67.9 Å². The van der Waals surface area contributed by atoms with Crippen LogP contribution in [0.5, 0.6) is 11.5 Å². The minimum Gasteiger partial charge on any atom is -0.493 e. The van der Waals surface area contributed by atoms with Gasteiger partial charge in [0.05, 0.1) is 25.0 Å². The molecule has 148 valence electrons.